The number of amides is 1. The molecule has 1 unspecified atom stereocenters. The molecule has 1 aliphatic rings. The third-order valence-electron chi connectivity index (χ3n) is 5.76. The summed E-state index contributed by atoms with van der Waals surface area (Å²) in [4.78, 5) is 13.4. The average molecular weight is 433 g/mol. The normalized spacial score (nSPS) is 17.7. The topological polar surface area (TPSA) is 84.8 Å². The average Bonchev–Trinajstić information content (AvgIpc) is 2.71. The highest BCUT2D eigenvalue weighted by atomic mass is 19.1. The van der Waals surface area contributed by atoms with Crippen molar-refractivity contribution in [2.45, 2.75) is 44.4 Å². The Morgan fingerprint density at radius 3 is 2.55 bits per heavy atom. The lowest BCUT2D eigenvalue weighted by atomic mass is 9.93. The van der Waals surface area contributed by atoms with E-state index < -0.39 is 29.9 Å². The molecule has 3 rings (SSSR count). The van der Waals surface area contributed by atoms with Crippen LogP contribution in [0.2, 0.25) is 0 Å². The molecular weight excluding hydrogens is 404 g/mol. The summed E-state index contributed by atoms with van der Waals surface area (Å²) >= 11 is 0. The molecule has 2 aromatic rings. The van der Waals surface area contributed by atoms with Crippen molar-refractivity contribution in [3.63, 3.8) is 0 Å². The second kappa shape index (κ2) is 10.1. The molecule has 0 aromatic heterocycles. The van der Waals surface area contributed by atoms with Gasteiger partial charge in [-0.2, -0.15) is 0 Å². The van der Waals surface area contributed by atoms with Gasteiger partial charge in [0.25, 0.3) is 0 Å². The van der Waals surface area contributed by atoms with Crippen LogP contribution in [-0.4, -0.2) is 48.6 Å². The van der Waals surface area contributed by atoms with Gasteiger partial charge in [-0.15, -0.1) is 0 Å². The maximum atomic E-state index is 13.5. The van der Waals surface area contributed by atoms with Crippen molar-refractivity contribution in [3.05, 3.63) is 64.7 Å². The SMILES string of the molecule is CCc1ccc2c(c1)C(NC[C@@H](O)[C@H](Cc1cc(F)cc(F)c1)NC(=O)O)CCN2C. The van der Waals surface area contributed by atoms with Crippen LogP contribution < -0.4 is 15.5 Å². The van der Waals surface area contributed by atoms with E-state index in [0.29, 0.717) is 0 Å². The Kier molecular flexibility index (Phi) is 7.46. The van der Waals surface area contributed by atoms with Gasteiger partial charge in [0.1, 0.15) is 11.6 Å². The van der Waals surface area contributed by atoms with E-state index in [1.54, 1.807) is 0 Å². The van der Waals surface area contributed by atoms with Crippen molar-refractivity contribution in [2.75, 3.05) is 25.0 Å². The molecule has 0 saturated carbocycles. The monoisotopic (exact) mass is 433 g/mol. The number of hydrogen-bond donors (Lipinski definition) is 4. The molecule has 0 bridgehead atoms. The van der Waals surface area contributed by atoms with Crippen LogP contribution in [0, 0.1) is 11.6 Å². The molecule has 3 atom stereocenters. The van der Waals surface area contributed by atoms with Crippen LogP contribution >= 0.6 is 0 Å². The number of halogens is 2. The molecule has 2 aromatic carbocycles. The van der Waals surface area contributed by atoms with Crippen molar-refractivity contribution in [2.24, 2.45) is 0 Å². The lowest BCUT2D eigenvalue weighted by molar-refractivity contribution is 0.114. The molecule has 1 aliphatic heterocycles. The number of carboxylic acid groups (broad SMARTS) is 1. The first kappa shape index (κ1) is 23.0. The molecule has 0 fully saturated rings. The molecule has 0 saturated heterocycles. The number of aliphatic hydroxyl groups is 1. The van der Waals surface area contributed by atoms with E-state index in [1.807, 2.05) is 7.05 Å². The third kappa shape index (κ3) is 5.92. The number of hydrogen-bond acceptors (Lipinski definition) is 4. The Hall–Kier alpha value is -2.71. The van der Waals surface area contributed by atoms with E-state index in [4.69, 9.17) is 5.11 Å². The van der Waals surface area contributed by atoms with Crippen molar-refractivity contribution in [1.82, 2.24) is 10.6 Å². The number of nitrogens with zero attached hydrogens (tertiary/aromatic N) is 1. The Balaban J connectivity index is 1.71. The maximum Gasteiger partial charge on any atom is 0.404 e. The van der Waals surface area contributed by atoms with Crippen molar-refractivity contribution in [3.8, 4) is 0 Å². The standard InChI is InChI=1S/C23H29F2N3O3/c1-3-14-4-5-21-18(10-14)19(6-7-28(21)2)26-13-22(29)20(27-23(30)31)11-15-8-16(24)12-17(25)9-15/h4-5,8-10,12,19-20,22,26-27,29H,3,6-7,11,13H2,1-2H3,(H,30,31)/t19?,20-,22+/m0/s1. The predicted molar refractivity (Wildman–Crippen MR) is 115 cm³/mol. The number of nitrogens with one attached hydrogen (secondary N) is 2. The zero-order valence-electron chi connectivity index (χ0n) is 17.7. The first-order chi connectivity index (χ1) is 14.8. The van der Waals surface area contributed by atoms with Gasteiger partial charge in [0.2, 0.25) is 0 Å². The van der Waals surface area contributed by atoms with Crippen LogP contribution in [-0.2, 0) is 12.8 Å². The smallest absolute Gasteiger partial charge is 0.404 e. The highest BCUT2D eigenvalue weighted by Crippen LogP contribution is 2.33. The highest BCUT2D eigenvalue weighted by molar-refractivity contribution is 5.65. The molecule has 168 valence electrons. The van der Waals surface area contributed by atoms with E-state index in [2.05, 4.69) is 40.7 Å². The number of carbonyl (C=O) groups is 1. The van der Waals surface area contributed by atoms with Gasteiger partial charge < -0.3 is 25.7 Å². The molecule has 1 amide bonds. The Bertz CT molecular complexity index is 905. The molecular formula is C23H29F2N3O3. The van der Waals surface area contributed by atoms with Crippen LogP contribution in [0.1, 0.15) is 36.1 Å². The van der Waals surface area contributed by atoms with E-state index in [1.165, 1.54) is 5.56 Å². The van der Waals surface area contributed by atoms with Gasteiger partial charge >= 0.3 is 6.09 Å². The number of aryl methyl sites for hydroxylation is 1. The van der Waals surface area contributed by atoms with E-state index in [9.17, 15) is 18.7 Å². The van der Waals surface area contributed by atoms with Crippen LogP contribution in [0.15, 0.2) is 36.4 Å². The van der Waals surface area contributed by atoms with E-state index in [0.717, 1.165) is 48.8 Å². The molecule has 31 heavy (non-hydrogen) atoms. The van der Waals surface area contributed by atoms with Crippen LogP contribution in [0.3, 0.4) is 0 Å². The Labute approximate surface area is 180 Å². The van der Waals surface area contributed by atoms with Crippen LogP contribution in [0.4, 0.5) is 19.3 Å². The summed E-state index contributed by atoms with van der Waals surface area (Å²) in [7, 11) is 2.04. The zero-order valence-corrected chi connectivity index (χ0v) is 17.7. The lowest BCUT2D eigenvalue weighted by Gasteiger charge is -2.35. The van der Waals surface area contributed by atoms with E-state index >= 15 is 0 Å². The summed E-state index contributed by atoms with van der Waals surface area (Å²) in [5.41, 5.74) is 3.77. The number of aliphatic hydroxyl groups excluding tert-OH is 1. The Morgan fingerprint density at radius 1 is 1.19 bits per heavy atom. The summed E-state index contributed by atoms with van der Waals surface area (Å²) in [6.07, 6.45) is -0.664. The van der Waals surface area contributed by atoms with Crippen LogP contribution in [0.25, 0.3) is 0 Å². The largest absolute Gasteiger partial charge is 0.465 e. The van der Waals surface area contributed by atoms with Crippen molar-refractivity contribution >= 4 is 11.8 Å². The fourth-order valence-electron chi connectivity index (χ4n) is 4.09. The summed E-state index contributed by atoms with van der Waals surface area (Å²) in [6.45, 7) is 3.08. The van der Waals surface area contributed by atoms with Gasteiger partial charge in [0, 0.05) is 37.9 Å². The third-order valence-corrected chi connectivity index (χ3v) is 5.76. The fourth-order valence-corrected chi connectivity index (χ4v) is 4.09. The first-order valence-corrected chi connectivity index (χ1v) is 10.5. The molecule has 0 radical (unpaired) electrons. The molecule has 6 nitrogen and oxygen atoms in total. The van der Waals surface area contributed by atoms with Crippen molar-refractivity contribution in [1.29, 1.82) is 0 Å². The van der Waals surface area contributed by atoms with Crippen LogP contribution in [0.5, 0.6) is 0 Å². The first-order valence-electron chi connectivity index (χ1n) is 10.5. The summed E-state index contributed by atoms with van der Waals surface area (Å²) in [5, 5.41) is 25.5. The number of rotatable bonds is 8. The zero-order chi connectivity index (χ0) is 22.5. The minimum Gasteiger partial charge on any atom is -0.465 e. The van der Waals surface area contributed by atoms with Gasteiger partial charge in [-0.05, 0) is 54.2 Å². The lowest BCUT2D eigenvalue weighted by Crippen LogP contribution is -2.49. The second-order valence-corrected chi connectivity index (χ2v) is 8.02. The molecule has 8 heteroatoms. The van der Waals surface area contributed by atoms with Gasteiger partial charge in [0.05, 0.1) is 12.1 Å². The molecule has 0 spiro atoms. The summed E-state index contributed by atoms with van der Waals surface area (Å²) in [5.74, 6) is -1.49. The number of benzene rings is 2. The molecule has 1 heterocycles. The minimum atomic E-state index is -1.31. The maximum absolute atomic E-state index is 13.5. The van der Waals surface area contributed by atoms with Gasteiger partial charge in [-0.3, -0.25) is 0 Å². The fraction of sp³-hybridized carbons (Fsp3) is 0.435. The summed E-state index contributed by atoms with van der Waals surface area (Å²) in [6, 6.07) is 8.51. The van der Waals surface area contributed by atoms with E-state index in [-0.39, 0.29) is 24.6 Å². The summed E-state index contributed by atoms with van der Waals surface area (Å²) < 4.78 is 27.0. The molecule has 4 N–H and O–H groups in total. The van der Waals surface area contributed by atoms with Gasteiger partial charge in [-0.1, -0.05) is 19.1 Å². The van der Waals surface area contributed by atoms with Gasteiger partial charge in [-0.25, -0.2) is 13.6 Å². The second-order valence-electron chi connectivity index (χ2n) is 8.02. The minimum absolute atomic E-state index is 0.0180. The number of fused-ring (bicyclic) bond motifs is 1. The number of anilines is 1. The Morgan fingerprint density at radius 2 is 1.90 bits per heavy atom. The predicted octanol–water partition coefficient (Wildman–Crippen LogP) is 3.24. The highest BCUT2D eigenvalue weighted by Gasteiger charge is 2.27. The van der Waals surface area contributed by atoms with Gasteiger partial charge in [0.15, 0.2) is 0 Å². The quantitative estimate of drug-likeness (QED) is 0.514. The molecule has 0 aliphatic carbocycles. The van der Waals surface area contributed by atoms with Crippen molar-refractivity contribution < 1.29 is 23.8 Å².